The number of hydrogen-bond donors (Lipinski definition) is 2. The van der Waals surface area contributed by atoms with Crippen LogP contribution in [-0.4, -0.2) is 22.7 Å². The Kier molecular flexibility index (Phi) is 5.92. The summed E-state index contributed by atoms with van der Waals surface area (Å²) in [7, 11) is 0. The summed E-state index contributed by atoms with van der Waals surface area (Å²) >= 11 is 0. The molecular formula is C28H37NO3. The van der Waals surface area contributed by atoms with Crippen molar-refractivity contribution in [3.05, 3.63) is 42.0 Å². The van der Waals surface area contributed by atoms with Crippen LogP contribution < -0.4 is 10.1 Å². The Morgan fingerprint density at radius 3 is 2.28 bits per heavy atom. The molecule has 4 fully saturated rings. The molecule has 4 nitrogen and oxygen atoms in total. The zero-order valence-electron chi connectivity index (χ0n) is 19.4. The Balaban J connectivity index is 1.19. The lowest BCUT2D eigenvalue weighted by atomic mass is 9.57. The molecule has 0 heterocycles. The highest BCUT2D eigenvalue weighted by atomic mass is 16.5. The molecule has 0 amide bonds. The van der Waals surface area contributed by atoms with Crippen molar-refractivity contribution in [2.45, 2.75) is 95.7 Å². The Morgan fingerprint density at radius 1 is 0.969 bits per heavy atom. The molecule has 32 heavy (non-hydrogen) atoms. The van der Waals surface area contributed by atoms with Crippen LogP contribution in [-0.2, 0) is 11.3 Å². The van der Waals surface area contributed by atoms with Gasteiger partial charge in [0.1, 0.15) is 5.75 Å². The minimum Gasteiger partial charge on any atom is -0.490 e. The third kappa shape index (κ3) is 4.26. The van der Waals surface area contributed by atoms with Gasteiger partial charge < -0.3 is 15.2 Å². The largest absolute Gasteiger partial charge is 0.490 e. The number of carbonyl (C=O) groups is 1. The fourth-order valence-corrected chi connectivity index (χ4v) is 6.37. The van der Waals surface area contributed by atoms with Crippen molar-refractivity contribution in [3.63, 3.8) is 0 Å². The second kappa shape index (κ2) is 8.70. The second-order valence-electron chi connectivity index (χ2n) is 10.7. The van der Waals surface area contributed by atoms with E-state index in [1.54, 1.807) is 0 Å². The maximum atomic E-state index is 11.7. The predicted octanol–water partition coefficient (Wildman–Crippen LogP) is 6.45. The number of aliphatic carboxylic acids is 1. The van der Waals surface area contributed by atoms with Crippen molar-refractivity contribution in [1.29, 1.82) is 0 Å². The van der Waals surface area contributed by atoms with Gasteiger partial charge in [0, 0.05) is 12.1 Å². The van der Waals surface area contributed by atoms with Crippen molar-refractivity contribution < 1.29 is 14.6 Å². The van der Waals surface area contributed by atoms with Crippen LogP contribution in [0.1, 0.15) is 83.1 Å². The molecule has 4 aliphatic rings. The minimum absolute atomic E-state index is 0.126. The number of benzene rings is 2. The lowest BCUT2D eigenvalue weighted by molar-refractivity contribution is -0.156. The number of carboxylic acids is 1. The van der Waals surface area contributed by atoms with Gasteiger partial charge in [0.25, 0.3) is 0 Å². The minimum atomic E-state index is -0.586. The topological polar surface area (TPSA) is 58.6 Å². The van der Waals surface area contributed by atoms with Crippen LogP contribution in [0.2, 0.25) is 0 Å². The molecule has 172 valence electrons. The quantitative estimate of drug-likeness (QED) is 0.524. The average Bonchev–Trinajstić information content (AvgIpc) is 2.84. The third-order valence-corrected chi connectivity index (χ3v) is 8.92. The van der Waals surface area contributed by atoms with Crippen LogP contribution in [0.5, 0.6) is 5.75 Å². The lowest BCUT2D eigenvalue weighted by Crippen LogP contribution is -2.56. The van der Waals surface area contributed by atoms with E-state index in [4.69, 9.17) is 4.74 Å². The van der Waals surface area contributed by atoms with Gasteiger partial charge in [0.05, 0.1) is 11.5 Å². The van der Waals surface area contributed by atoms with Gasteiger partial charge in [-0.2, -0.15) is 0 Å². The molecule has 0 saturated heterocycles. The highest BCUT2D eigenvalue weighted by molar-refractivity contribution is 5.84. The molecular weight excluding hydrogens is 398 g/mol. The van der Waals surface area contributed by atoms with E-state index in [9.17, 15) is 9.90 Å². The van der Waals surface area contributed by atoms with E-state index >= 15 is 0 Å². The van der Waals surface area contributed by atoms with Crippen molar-refractivity contribution in [2.75, 3.05) is 0 Å². The predicted molar refractivity (Wildman–Crippen MR) is 128 cm³/mol. The molecule has 4 saturated carbocycles. The Hall–Kier alpha value is -2.07. The molecule has 2 N–H and O–H groups in total. The number of nitrogens with one attached hydrogen (secondary N) is 1. The number of hydrogen-bond acceptors (Lipinski definition) is 3. The van der Waals surface area contributed by atoms with Gasteiger partial charge in [-0.3, -0.25) is 4.79 Å². The highest BCUT2D eigenvalue weighted by Crippen LogP contribution is 2.52. The van der Waals surface area contributed by atoms with Crippen LogP contribution in [0.3, 0.4) is 0 Å². The molecule has 0 aliphatic heterocycles. The first-order chi connectivity index (χ1) is 15.5. The molecule has 4 aliphatic carbocycles. The van der Waals surface area contributed by atoms with Crippen molar-refractivity contribution in [1.82, 2.24) is 5.32 Å². The fourth-order valence-electron chi connectivity index (χ4n) is 6.37. The third-order valence-electron chi connectivity index (χ3n) is 8.92. The second-order valence-corrected chi connectivity index (χ2v) is 10.7. The highest BCUT2D eigenvalue weighted by Gasteiger charge is 2.52. The van der Waals surface area contributed by atoms with Crippen LogP contribution >= 0.6 is 0 Å². The van der Waals surface area contributed by atoms with Gasteiger partial charge in [-0.05, 0) is 105 Å². The average molecular weight is 436 g/mol. The Bertz CT molecular complexity index is 951. The van der Waals surface area contributed by atoms with Crippen LogP contribution in [0.4, 0.5) is 0 Å². The maximum absolute atomic E-state index is 11.7. The molecule has 0 atom stereocenters. The molecule has 6 rings (SSSR count). The molecule has 0 spiro atoms. The number of ether oxygens (including phenoxy) is 1. The van der Waals surface area contributed by atoms with E-state index in [1.807, 2.05) is 0 Å². The van der Waals surface area contributed by atoms with Crippen LogP contribution in [0.25, 0.3) is 10.8 Å². The molecule has 2 aromatic rings. The lowest BCUT2D eigenvalue weighted by Gasteiger charge is -2.51. The van der Waals surface area contributed by atoms with Crippen molar-refractivity contribution >= 4 is 16.7 Å². The van der Waals surface area contributed by atoms with Gasteiger partial charge in [-0.25, -0.2) is 0 Å². The SMILES string of the molecule is CC[C@H]1CC[C@H](Oc2ccc3cc(CNC45CCC(C(=O)O)(CC4)CC5)ccc3c2)CC1. The summed E-state index contributed by atoms with van der Waals surface area (Å²) in [5, 5.41) is 15.9. The molecule has 0 unspecified atom stereocenters. The summed E-state index contributed by atoms with van der Waals surface area (Å²) in [4.78, 5) is 11.7. The first-order valence-corrected chi connectivity index (χ1v) is 12.7. The first-order valence-electron chi connectivity index (χ1n) is 12.7. The van der Waals surface area contributed by atoms with Crippen LogP contribution in [0, 0.1) is 11.3 Å². The first kappa shape index (κ1) is 21.8. The summed E-state index contributed by atoms with van der Waals surface area (Å²) in [5.41, 5.74) is 0.973. The van der Waals surface area contributed by atoms with Gasteiger partial charge in [-0.15, -0.1) is 0 Å². The molecule has 0 aromatic heterocycles. The number of fused-ring (bicyclic) bond motifs is 4. The van der Waals surface area contributed by atoms with E-state index in [0.29, 0.717) is 6.10 Å². The summed E-state index contributed by atoms with van der Waals surface area (Å²) in [6.45, 7) is 3.14. The summed E-state index contributed by atoms with van der Waals surface area (Å²) in [6, 6.07) is 13.2. The smallest absolute Gasteiger partial charge is 0.309 e. The summed E-state index contributed by atoms with van der Waals surface area (Å²) in [6.07, 6.45) is 12.0. The van der Waals surface area contributed by atoms with Crippen molar-refractivity contribution in [2.24, 2.45) is 11.3 Å². The summed E-state index contributed by atoms with van der Waals surface area (Å²) in [5.74, 6) is 1.30. The zero-order valence-corrected chi connectivity index (χ0v) is 19.4. The van der Waals surface area contributed by atoms with E-state index in [1.165, 1.54) is 48.4 Å². The van der Waals surface area contributed by atoms with Gasteiger partial charge in [0.2, 0.25) is 0 Å². The Morgan fingerprint density at radius 2 is 1.62 bits per heavy atom. The summed E-state index contributed by atoms with van der Waals surface area (Å²) < 4.78 is 6.32. The molecule has 4 heteroatoms. The molecule has 0 radical (unpaired) electrons. The van der Waals surface area contributed by atoms with E-state index in [-0.39, 0.29) is 5.54 Å². The monoisotopic (exact) mass is 435 g/mol. The van der Waals surface area contributed by atoms with Gasteiger partial charge in [0.15, 0.2) is 0 Å². The fraction of sp³-hybridized carbons (Fsp3) is 0.607. The number of carboxylic acid groups (broad SMARTS) is 1. The van der Waals surface area contributed by atoms with Gasteiger partial charge >= 0.3 is 5.97 Å². The normalized spacial score (nSPS) is 32.2. The Labute approximate surface area is 191 Å². The standard InChI is InChI=1S/C28H37NO3/c1-2-20-4-8-24(9-5-20)32-25-10-7-22-17-21(3-6-23(22)18-25)19-29-28-14-11-27(12-15-28,13-16-28)26(30)31/h3,6-7,10,17-18,20,24,29H,2,4-5,8-9,11-16,19H2,1H3,(H,30,31)/t20-,24-,27?,28?. The van der Waals surface area contributed by atoms with Crippen LogP contribution in [0.15, 0.2) is 36.4 Å². The maximum Gasteiger partial charge on any atom is 0.309 e. The number of rotatable bonds is 7. The molecule has 2 bridgehead atoms. The van der Waals surface area contributed by atoms with Crippen molar-refractivity contribution in [3.8, 4) is 5.75 Å². The van der Waals surface area contributed by atoms with Gasteiger partial charge in [-0.1, -0.05) is 31.5 Å². The van der Waals surface area contributed by atoms with E-state index < -0.39 is 11.4 Å². The molecule has 2 aromatic carbocycles. The van der Waals surface area contributed by atoms with E-state index in [2.05, 4.69) is 48.6 Å². The zero-order chi connectivity index (χ0) is 22.2. The van der Waals surface area contributed by atoms with E-state index in [0.717, 1.165) is 56.7 Å².